The molecule has 0 spiro atoms. The Bertz CT molecular complexity index is 724. The highest BCUT2D eigenvalue weighted by Crippen LogP contribution is 2.33. The first kappa shape index (κ1) is 14.4. The molecule has 114 valence electrons. The van der Waals surface area contributed by atoms with E-state index in [0.717, 1.165) is 17.7 Å². The van der Waals surface area contributed by atoms with E-state index in [1.54, 1.807) is 20.3 Å². The van der Waals surface area contributed by atoms with Crippen LogP contribution in [0.15, 0.2) is 36.4 Å². The molecule has 1 aliphatic heterocycles. The van der Waals surface area contributed by atoms with Crippen molar-refractivity contribution in [1.82, 2.24) is 0 Å². The summed E-state index contributed by atoms with van der Waals surface area (Å²) in [4.78, 5) is 14.8. The van der Waals surface area contributed by atoms with Gasteiger partial charge in [-0.3, -0.25) is 4.79 Å². The molecule has 1 aliphatic rings. The lowest BCUT2D eigenvalue weighted by Crippen LogP contribution is -2.29. The first-order valence-electron chi connectivity index (χ1n) is 7.28. The number of amides is 1. The lowest BCUT2D eigenvalue weighted by atomic mass is 10.1. The summed E-state index contributed by atoms with van der Waals surface area (Å²) in [5, 5.41) is 0. The molecule has 0 N–H and O–H groups in total. The van der Waals surface area contributed by atoms with Gasteiger partial charge in [0, 0.05) is 17.8 Å². The topological polar surface area (TPSA) is 38.8 Å². The van der Waals surface area contributed by atoms with E-state index < -0.39 is 0 Å². The molecule has 1 amide bonds. The van der Waals surface area contributed by atoms with E-state index in [9.17, 15) is 4.79 Å². The zero-order chi connectivity index (χ0) is 15.7. The van der Waals surface area contributed by atoms with Crippen molar-refractivity contribution in [2.45, 2.75) is 13.3 Å². The summed E-state index contributed by atoms with van der Waals surface area (Å²) in [6.45, 7) is 2.63. The minimum absolute atomic E-state index is 0.00315. The molecule has 0 aromatic heterocycles. The molecule has 3 rings (SSSR count). The van der Waals surface area contributed by atoms with E-state index in [-0.39, 0.29) is 5.91 Å². The number of methoxy groups -OCH3 is 2. The maximum atomic E-state index is 12.9. The van der Waals surface area contributed by atoms with Crippen molar-refractivity contribution in [2.75, 3.05) is 25.7 Å². The van der Waals surface area contributed by atoms with Crippen LogP contribution in [0.2, 0.25) is 0 Å². The minimum atomic E-state index is 0.00315. The number of fused-ring (bicyclic) bond motifs is 1. The van der Waals surface area contributed by atoms with Crippen LogP contribution in [0.25, 0.3) is 0 Å². The van der Waals surface area contributed by atoms with Gasteiger partial charge >= 0.3 is 0 Å². The second-order valence-corrected chi connectivity index (χ2v) is 5.36. The number of para-hydroxylation sites is 1. The first-order chi connectivity index (χ1) is 10.7. The van der Waals surface area contributed by atoms with Crippen molar-refractivity contribution in [3.8, 4) is 11.5 Å². The van der Waals surface area contributed by atoms with Crippen molar-refractivity contribution < 1.29 is 14.3 Å². The number of hydrogen-bond donors (Lipinski definition) is 0. The zero-order valence-corrected chi connectivity index (χ0v) is 13.1. The van der Waals surface area contributed by atoms with Gasteiger partial charge in [-0.25, -0.2) is 0 Å². The van der Waals surface area contributed by atoms with E-state index in [4.69, 9.17) is 9.47 Å². The number of carbonyl (C=O) groups is 1. The molecule has 0 bridgehead atoms. The Morgan fingerprint density at radius 1 is 1.09 bits per heavy atom. The highest BCUT2D eigenvalue weighted by molar-refractivity contribution is 6.08. The second-order valence-electron chi connectivity index (χ2n) is 5.36. The van der Waals surface area contributed by atoms with Gasteiger partial charge in [0.15, 0.2) is 11.5 Å². The van der Waals surface area contributed by atoms with Gasteiger partial charge in [-0.15, -0.1) is 0 Å². The standard InChI is InChI=1S/C18H19NO3/c1-12-10-16(21-2)17(22-3)11-14(12)18(20)19-9-8-13-6-4-5-7-15(13)19/h4-7,10-11H,8-9H2,1-3H3. The van der Waals surface area contributed by atoms with Crippen molar-refractivity contribution in [3.05, 3.63) is 53.1 Å². The van der Waals surface area contributed by atoms with Crippen molar-refractivity contribution in [3.63, 3.8) is 0 Å². The summed E-state index contributed by atoms with van der Waals surface area (Å²) in [5.41, 5.74) is 3.75. The van der Waals surface area contributed by atoms with Crippen LogP contribution in [0.1, 0.15) is 21.5 Å². The van der Waals surface area contributed by atoms with Gasteiger partial charge in [-0.1, -0.05) is 18.2 Å². The average molecular weight is 297 g/mol. The van der Waals surface area contributed by atoms with Gasteiger partial charge in [0.05, 0.1) is 14.2 Å². The van der Waals surface area contributed by atoms with Gasteiger partial charge in [0.25, 0.3) is 5.91 Å². The lowest BCUT2D eigenvalue weighted by molar-refractivity contribution is 0.0988. The molecule has 2 aromatic carbocycles. The van der Waals surface area contributed by atoms with E-state index in [1.807, 2.05) is 36.1 Å². The molecular formula is C18H19NO3. The summed E-state index contributed by atoms with van der Waals surface area (Å²) in [5.74, 6) is 1.21. The molecule has 2 aromatic rings. The third kappa shape index (κ3) is 2.30. The molecule has 0 radical (unpaired) electrons. The summed E-state index contributed by atoms with van der Waals surface area (Å²) in [7, 11) is 3.17. The Balaban J connectivity index is 2.00. The van der Waals surface area contributed by atoms with Gasteiger partial charge in [-0.05, 0) is 42.7 Å². The molecule has 0 saturated carbocycles. The second kappa shape index (κ2) is 5.72. The maximum Gasteiger partial charge on any atom is 0.258 e. The molecule has 0 fully saturated rings. The molecule has 0 atom stereocenters. The summed E-state index contributed by atoms with van der Waals surface area (Å²) in [6, 6.07) is 11.6. The minimum Gasteiger partial charge on any atom is -0.493 e. The number of rotatable bonds is 3. The normalized spacial score (nSPS) is 13.0. The molecule has 22 heavy (non-hydrogen) atoms. The van der Waals surface area contributed by atoms with Crippen LogP contribution in [0.4, 0.5) is 5.69 Å². The number of aryl methyl sites for hydroxylation is 1. The predicted molar refractivity (Wildman–Crippen MR) is 86.1 cm³/mol. The highest BCUT2D eigenvalue weighted by Gasteiger charge is 2.27. The first-order valence-corrected chi connectivity index (χ1v) is 7.28. The van der Waals surface area contributed by atoms with Crippen LogP contribution in [-0.4, -0.2) is 26.7 Å². The summed E-state index contributed by atoms with van der Waals surface area (Å²) in [6.07, 6.45) is 0.897. The number of benzene rings is 2. The fourth-order valence-corrected chi connectivity index (χ4v) is 2.91. The van der Waals surface area contributed by atoms with Crippen molar-refractivity contribution >= 4 is 11.6 Å². The molecule has 1 heterocycles. The van der Waals surface area contributed by atoms with Crippen LogP contribution in [0.3, 0.4) is 0 Å². The quantitative estimate of drug-likeness (QED) is 0.873. The Hall–Kier alpha value is -2.49. The van der Waals surface area contributed by atoms with Crippen LogP contribution in [-0.2, 0) is 6.42 Å². The van der Waals surface area contributed by atoms with Gasteiger partial charge in [0.2, 0.25) is 0 Å². The van der Waals surface area contributed by atoms with Crippen LogP contribution < -0.4 is 14.4 Å². The Labute approximate surface area is 130 Å². The van der Waals surface area contributed by atoms with Crippen LogP contribution >= 0.6 is 0 Å². The van der Waals surface area contributed by atoms with E-state index in [1.165, 1.54) is 5.56 Å². The number of nitrogens with zero attached hydrogens (tertiary/aromatic N) is 1. The lowest BCUT2D eigenvalue weighted by Gasteiger charge is -2.20. The van der Waals surface area contributed by atoms with Crippen LogP contribution in [0.5, 0.6) is 11.5 Å². The summed E-state index contributed by atoms with van der Waals surface area (Å²) < 4.78 is 10.6. The average Bonchev–Trinajstić information content (AvgIpc) is 2.98. The van der Waals surface area contributed by atoms with Crippen molar-refractivity contribution in [1.29, 1.82) is 0 Å². The van der Waals surface area contributed by atoms with Gasteiger partial charge in [0.1, 0.15) is 0 Å². The Kier molecular flexibility index (Phi) is 3.75. The van der Waals surface area contributed by atoms with Crippen LogP contribution in [0, 0.1) is 6.92 Å². The third-order valence-corrected chi connectivity index (χ3v) is 4.09. The van der Waals surface area contributed by atoms with Gasteiger partial charge < -0.3 is 14.4 Å². The maximum absolute atomic E-state index is 12.9. The molecule has 0 saturated heterocycles. The monoisotopic (exact) mass is 297 g/mol. The Morgan fingerprint density at radius 2 is 1.77 bits per heavy atom. The fraction of sp³-hybridized carbons (Fsp3) is 0.278. The van der Waals surface area contributed by atoms with E-state index in [0.29, 0.717) is 23.6 Å². The molecular weight excluding hydrogens is 278 g/mol. The number of hydrogen-bond acceptors (Lipinski definition) is 3. The molecule has 0 unspecified atom stereocenters. The third-order valence-electron chi connectivity index (χ3n) is 4.09. The number of ether oxygens (including phenoxy) is 2. The number of carbonyl (C=O) groups excluding carboxylic acids is 1. The number of anilines is 1. The van der Waals surface area contributed by atoms with Crippen molar-refractivity contribution in [2.24, 2.45) is 0 Å². The largest absolute Gasteiger partial charge is 0.493 e. The predicted octanol–water partition coefficient (Wildman–Crippen LogP) is 3.22. The Morgan fingerprint density at radius 3 is 2.50 bits per heavy atom. The smallest absolute Gasteiger partial charge is 0.258 e. The molecule has 4 nitrogen and oxygen atoms in total. The van der Waals surface area contributed by atoms with Gasteiger partial charge in [-0.2, -0.15) is 0 Å². The molecule has 4 heteroatoms. The SMILES string of the molecule is COc1cc(C)c(C(=O)N2CCc3ccccc32)cc1OC. The van der Waals surface area contributed by atoms with E-state index >= 15 is 0 Å². The molecule has 0 aliphatic carbocycles. The highest BCUT2D eigenvalue weighted by atomic mass is 16.5. The van der Waals surface area contributed by atoms with E-state index in [2.05, 4.69) is 6.07 Å². The zero-order valence-electron chi connectivity index (χ0n) is 13.1. The summed E-state index contributed by atoms with van der Waals surface area (Å²) >= 11 is 0. The fourth-order valence-electron chi connectivity index (χ4n) is 2.91.